The first kappa shape index (κ1) is 16.3. The van der Waals surface area contributed by atoms with E-state index in [1.807, 2.05) is 55.5 Å². The summed E-state index contributed by atoms with van der Waals surface area (Å²) >= 11 is 6.39. The van der Waals surface area contributed by atoms with Crippen molar-refractivity contribution in [3.8, 4) is 0 Å². The molecule has 0 fully saturated rings. The van der Waals surface area contributed by atoms with Crippen molar-refractivity contribution in [3.63, 3.8) is 0 Å². The average Bonchev–Trinajstić information content (AvgIpc) is 2.55. The van der Waals surface area contributed by atoms with Crippen molar-refractivity contribution in [2.75, 3.05) is 0 Å². The fourth-order valence-electron chi connectivity index (χ4n) is 3.24. The summed E-state index contributed by atoms with van der Waals surface area (Å²) in [6, 6.07) is 17.0. The van der Waals surface area contributed by atoms with Crippen LogP contribution in [0, 0.1) is 10.1 Å². The molecule has 0 radical (unpaired) electrons. The molecule has 0 aliphatic carbocycles. The van der Waals surface area contributed by atoms with Crippen molar-refractivity contribution in [1.29, 1.82) is 0 Å². The van der Waals surface area contributed by atoms with Crippen LogP contribution in [0.15, 0.2) is 71.7 Å². The Kier molecular flexibility index (Phi) is 4.40. The molecule has 4 nitrogen and oxygen atoms in total. The molecule has 24 heavy (non-hydrogen) atoms. The first-order valence-corrected chi connectivity index (χ1v) is 8.01. The molecule has 0 saturated heterocycles. The minimum Gasteiger partial charge on any atom is -0.357 e. The first-order chi connectivity index (χ1) is 11.5. The summed E-state index contributed by atoms with van der Waals surface area (Å²) in [5, 5.41) is 15.5. The van der Waals surface area contributed by atoms with E-state index in [1.165, 1.54) is 0 Å². The normalized spacial score (nSPS) is 17.7. The predicted octanol–water partition coefficient (Wildman–Crippen LogP) is 4.97. The zero-order valence-electron chi connectivity index (χ0n) is 13.4. The summed E-state index contributed by atoms with van der Waals surface area (Å²) in [5.74, 6) is -0.516. The van der Waals surface area contributed by atoms with Gasteiger partial charge in [0.2, 0.25) is 0 Å². The van der Waals surface area contributed by atoms with Crippen LogP contribution in [0.2, 0.25) is 5.02 Å². The van der Waals surface area contributed by atoms with Crippen molar-refractivity contribution in [2.45, 2.75) is 19.8 Å². The lowest BCUT2D eigenvalue weighted by Gasteiger charge is -2.28. The Balaban J connectivity index is 2.28. The van der Waals surface area contributed by atoms with E-state index in [9.17, 15) is 10.1 Å². The second-order valence-corrected chi connectivity index (χ2v) is 6.16. The van der Waals surface area contributed by atoms with Crippen molar-refractivity contribution in [3.05, 3.63) is 98.0 Å². The number of nitro groups is 1. The quantitative estimate of drug-likeness (QED) is 0.634. The standard InChI is InChI=1S/C19H17ClN2O2/c1-12-17(14-8-4-3-5-9-14)18(15-10-6-7-11-16(15)20)19(22(23)24)13(2)21-12/h3-11,18,21H,1-2H3. The summed E-state index contributed by atoms with van der Waals surface area (Å²) in [6.45, 7) is 3.67. The molecule has 1 atom stereocenters. The smallest absolute Gasteiger partial charge is 0.276 e. The molecular weight excluding hydrogens is 324 g/mol. The third-order valence-electron chi connectivity index (χ3n) is 4.22. The monoisotopic (exact) mass is 340 g/mol. The molecule has 1 aliphatic rings. The highest BCUT2D eigenvalue weighted by Crippen LogP contribution is 2.45. The third kappa shape index (κ3) is 2.81. The van der Waals surface area contributed by atoms with Gasteiger partial charge in [0.25, 0.3) is 5.70 Å². The number of hydrogen-bond acceptors (Lipinski definition) is 3. The second kappa shape index (κ2) is 6.49. The van der Waals surface area contributed by atoms with E-state index < -0.39 is 5.92 Å². The molecule has 1 N–H and O–H groups in total. The Hall–Kier alpha value is -2.59. The van der Waals surface area contributed by atoms with E-state index >= 15 is 0 Å². The fraction of sp³-hybridized carbons (Fsp3) is 0.158. The molecule has 0 aromatic heterocycles. The Labute approximate surface area is 145 Å². The van der Waals surface area contributed by atoms with Crippen LogP contribution < -0.4 is 5.32 Å². The second-order valence-electron chi connectivity index (χ2n) is 5.75. The number of rotatable bonds is 3. The van der Waals surface area contributed by atoms with Crippen LogP contribution in [0.5, 0.6) is 0 Å². The van der Waals surface area contributed by atoms with Gasteiger partial charge in [-0.25, -0.2) is 0 Å². The van der Waals surface area contributed by atoms with Crippen LogP contribution in [-0.2, 0) is 0 Å². The van der Waals surface area contributed by atoms with E-state index in [1.54, 1.807) is 13.0 Å². The van der Waals surface area contributed by atoms with Gasteiger partial charge in [0.15, 0.2) is 0 Å². The Morgan fingerprint density at radius 3 is 2.25 bits per heavy atom. The van der Waals surface area contributed by atoms with Gasteiger partial charge in [0.05, 0.1) is 10.6 Å². The third-order valence-corrected chi connectivity index (χ3v) is 4.57. The van der Waals surface area contributed by atoms with Crippen LogP contribution in [0.3, 0.4) is 0 Å². The van der Waals surface area contributed by atoms with Crippen LogP contribution in [-0.4, -0.2) is 4.92 Å². The van der Waals surface area contributed by atoms with Gasteiger partial charge in [0.1, 0.15) is 5.92 Å². The van der Waals surface area contributed by atoms with E-state index in [0.29, 0.717) is 10.7 Å². The summed E-state index contributed by atoms with van der Waals surface area (Å²) in [6.07, 6.45) is 0. The van der Waals surface area contributed by atoms with Gasteiger partial charge in [-0.15, -0.1) is 0 Å². The van der Waals surface area contributed by atoms with Crippen LogP contribution >= 0.6 is 11.6 Å². The first-order valence-electron chi connectivity index (χ1n) is 7.63. The van der Waals surface area contributed by atoms with E-state index in [-0.39, 0.29) is 10.6 Å². The minimum absolute atomic E-state index is 0.132. The van der Waals surface area contributed by atoms with Crippen molar-refractivity contribution in [2.24, 2.45) is 0 Å². The highest BCUT2D eigenvalue weighted by atomic mass is 35.5. The lowest BCUT2D eigenvalue weighted by molar-refractivity contribution is -0.430. The molecule has 2 aromatic carbocycles. The van der Waals surface area contributed by atoms with E-state index in [0.717, 1.165) is 22.4 Å². The molecule has 1 aliphatic heterocycles. The molecule has 0 bridgehead atoms. The molecule has 3 rings (SSSR count). The zero-order chi connectivity index (χ0) is 17.3. The molecular formula is C19H17ClN2O2. The van der Waals surface area contributed by atoms with Crippen molar-refractivity contribution >= 4 is 17.2 Å². The number of nitrogens with zero attached hydrogens (tertiary/aromatic N) is 1. The minimum atomic E-state index is -0.516. The molecule has 0 saturated carbocycles. The Morgan fingerprint density at radius 1 is 1.00 bits per heavy atom. The van der Waals surface area contributed by atoms with Gasteiger partial charge in [-0.2, -0.15) is 0 Å². The van der Waals surface area contributed by atoms with Crippen LogP contribution in [0.1, 0.15) is 30.9 Å². The van der Waals surface area contributed by atoms with Gasteiger partial charge < -0.3 is 5.32 Å². The van der Waals surface area contributed by atoms with E-state index in [4.69, 9.17) is 11.6 Å². The summed E-state index contributed by atoms with van der Waals surface area (Å²) < 4.78 is 0. The molecule has 0 amide bonds. The lowest BCUT2D eigenvalue weighted by atomic mass is 9.81. The molecule has 2 aromatic rings. The number of nitrogens with one attached hydrogen (secondary N) is 1. The molecule has 5 heteroatoms. The van der Waals surface area contributed by atoms with Gasteiger partial charge >= 0.3 is 0 Å². The van der Waals surface area contributed by atoms with Crippen molar-refractivity contribution < 1.29 is 4.92 Å². The number of hydrogen-bond donors (Lipinski definition) is 1. The molecule has 122 valence electrons. The summed E-state index contributed by atoms with van der Waals surface area (Å²) in [7, 11) is 0. The van der Waals surface area contributed by atoms with Crippen LogP contribution in [0.4, 0.5) is 0 Å². The maximum absolute atomic E-state index is 11.8. The Bertz CT molecular complexity index is 857. The highest BCUT2D eigenvalue weighted by Gasteiger charge is 2.38. The number of dihydropyridines is 1. The largest absolute Gasteiger partial charge is 0.357 e. The van der Waals surface area contributed by atoms with E-state index in [2.05, 4.69) is 5.32 Å². The van der Waals surface area contributed by atoms with Crippen molar-refractivity contribution in [1.82, 2.24) is 5.32 Å². The van der Waals surface area contributed by atoms with Gasteiger partial charge in [-0.3, -0.25) is 10.1 Å². The highest BCUT2D eigenvalue weighted by molar-refractivity contribution is 6.31. The SMILES string of the molecule is CC1=C(c2ccccc2)C(c2ccccc2Cl)C([N+](=O)[O-])=C(C)N1. The van der Waals surface area contributed by atoms with Gasteiger partial charge in [-0.1, -0.05) is 60.1 Å². The van der Waals surface area contributed by atoms with Gasteiger partial charge in [0, 0.05) is 10.7 Å². The number of benzene rings is 2. The predicted molar refractivity (Wildman–Crippen MR) is 96.1 cm³/mol. The molecule has 0 spiro atoms. The van der Waals surface area contributed by atoms with Crippen LogP contribution in [0.25, 0.3) is 5.57 Å². The molecule has 1 heterocycles. The topological polar surface area (TPSA) is 55.2 Å². The Morgan fingerprint density at radius 2 is 1.62 bits per heavy atom. The fourth-order valence-corrected chi connectivity index (χ4v) is 3.48. The zero-order valence-corrected chi connectivity index (χ0v) is 14.2. The summed E-state index contributed by atoms with van der Waals surface area (Å²) in [5.41, 5.74) is 4.13. The maximum atomic E-state index is 11.8. The summed E-state index contributed by atoms with van der Waals surface area (Å²) in [4.78, 5) is 11.5. The molecule has 1 unspecified atom stereocenters. The van der Waals surface area contributed by atoms with Gasteiger partial charge in [-0.05, 0) is 36.6 Å². The lowest BCUT2D eigenvalue weighted by Crippen LogP contribution is -2.27. The number of allylic oxidation sites excluding steroid dienone is 3. The average molecular weight is 341 g/mol. The number of halogens is 1. The maximum Gasteiger partial charge on any atom is 0.276 e.